The molecule has 0 saturated carbocycles. The molecule has 1 fully saturated rings. The largest absolute Gasteiger partial charge is 0.493 e. The van der Waals surface area contributed by atoms with Crippen molar-refractivity contribution < 1.29 is 14.3 Å². The number of fused-ring (bicyclic) bond motifs is 1. The van der Waals surface area contributed by atoms with E-state index < -0.39 is 0 Å². The van der Waals surface area contributed by atoms with Gasteiger partial charge in [-0.15, -0.1) is 0 Å². The topological polar surface area (TPSA) is 96.5 Å². The number of ether oxygens (including phenoxy) is 2. The van der Waals surface area contributed by atoms with Gasteiger partial charge in [-0.25, -0.2) is 15.0 Å². The number of hydrogen-bond acceptors (Lipinski definition) is 7. The third kappa shape index (κ3) is 4.59. The normalized spacial score (nSPS) is 13.8. The molecule has 10 heteroatoms. The van der Waals surface area contributed by atoms with E-state index in [0.717, 1.165) is 22.5 Å². The highest BCUT2D eigenvalue weighted by atomic mass is 35.5. The second-order valence-corrected chi connectivity index (χ2v) is 8.59. The van der Waals surface area contributed by atoms with Gasteiger partial charge in [0, 0.05) is 36.8 Å². The molecule has 5 rings (SSSR count). The number of H-pyrrole nitrogens is 1. The third-order valence-corrected chi connectivity index (χ3v) is 6.53. The van der Waals surface area contributed by atoms with Gasteiger partial charge < -0.3 is 24.3 Å². The summed E-state index contributed by atoms with van der Waals surface area (Å²) in [5.41, 5.74) is 3.03. The fourth-order valence-corrected chi connectivity index (χ4v) is 4.46. The van der Waals surface area contributed by atoms with Gasteiger partial charge in [-0.2, -0.15) is 0 Å². The quantitative estimate of drug-likeness (QED) is 0.439. The molecule has 35 heavy (non-hydrogen) atoms. The molecule has 3 heterocycles. The Bertz CT molecular complexity index is 1370. The number of amides is 1. The predicted molar refractivity (Wildman–Crippen MR) is 134 cm³/mol. The first-order chi connectivity index (χ1) is 17.1. The van der Waals surface area contributed by atoms with Gasteiger partial charge in [0.2, 0.25) is 5.91 Å². The van der Waals surface area contributed by atoms with E-state index in [2.05, 4.69) is 24.8 Å². The zero-order chi connectivity index (χ0) is 24.4. The molecule has 2 aromatic carbocycles. The van der Waals surface area contributed by atoms with Gasteiger partial charge in [-0.1, -0.05) is 29.8 Å². The molecule has 1 aliphatic heterocycles. The molecule has 0 radical (unpaired) electrons. The summed E-state index contributed by atoms with van der Waals surface area (Å²) in [7, 11) is 3.20. The van der Waals surface area contributed by atoms with E-state index in [9.17, 15) is 4.79 Å². The smallest absolute Gasteiger partial charge is 0.227 e. The zero-order valence-electron chi connectivity index (χ0n) is 19.5. The Morgan fingerprint density at radius 2 is 1.80 bits per heavy atom. The summed E-state index contributed by atoms with van der Waals surface area (Å²) in [4.78, 5) is 33.8. The number of aromatic nitrogens is 4. The number of piperazine rings is 1. The van der Waals surface area contributed by atoms with E-state index in [1.54, 1.807) is 14.2 Å². The summed E-state index contributed by atoms with van der Waals surface area (Å²) in [6.07, 6.45) is 1.82. The maximum atomic E-state index is 12.8. The van der Waals surface area contributed by atoms with Gasteiger partial charge in [-0.3, -0.25) is 4.79 Å². The van der Waals surface area contributed by atoms with Crippen LogP contribution in [0.1, 0.15) is 5.56 Å². The van der Waals surface area contributed by atoms with Gasteiger partial charge in [0.1, 0.15) is 17.7 Å². The summed E-state index contributed by atoms with van der Waals surface area (Å²) >= 11 is 6.23. The molecule has 180 valence electrons. The van der Waals surface area contributed by atoms with Crippen molar-refractivity contribution in [3.8, 4) is 22.9 Å². The zero-order valence-corrected chi connectivity index (χ0v) is 20.2. The van der Waals surface area contributed by atoms with Gasteiger partial charge in [0.25, 0.3) is 0 Å². The average Bonchev–Trinajstić information content (AvgIpc) is 3.34. The minimum atomic E-state index is 0.0721. The van der Waals surface area contributed by atoms with Gasteiger partial charge in [0.05, 0.1) is 20.6 Å². The maximum Gasteiger partial charge on any atom is 0.227 e. The third-order valence-electron chi connectivity index (χ3n) is 6.16. The summed E-state index contributed by atoms with van der Waals surface area (Å²) in [6, 6.07) is 13.1. The first kappa shape index (κ1) is 22.9. The predicted octanol–water partition coefficient (Wildman–Crippen LogP) is 3.58. The number of methoxy groups -OCH3 is 2. The maximum absolute atomic E-state index is 12.8. The van der Waals surface area contributed by atoms with Crippen molar-refractivity contribution in [2.24, 2.45) is 0 Å². The molecule has 2 aromatic heterocycles. The van der Waals surface area contributed by atoms with Gasteiger partial charge in [0.15, 0.2) is 23.0 Å². The van der Waals surface area contributed by atoms with E-state index in [4.69, 9.17) is 21.1 Å². The Balaban J connectivity index is 1.33. The number of nitrogens with one attached hydrogen (secondary N) is 1. The van der Waals surface area contributed by atoms with Crippen LogP contribution in [0.15, 0.2) is 48.8 Å². The van der Waals surface area contributed by atoms with Crippen LogP contribution in [0.2, 0.25) is 5.02 Å². The highest BCUT2D eigenvalue weighted by molar-refractivity contribution is 6.31. The molecule has 0 aliphatic carbocycles. The number of carbonyl (C=O) groups excluding carboxylic acids is 1. The van der Waals surface area contributed by atoms with Crippen molar-refractivity contribution in [1.82, 2.24) is 24.8 Å². The number of rotatable bonds is 6. The fourth-order valence-electron chi connectivity index (χ4n) is 4.26. The van der Waals surface area contributed by atoms with Crippen LogP contribution >= 0.6 is 11.6 Å². The van der Waals surface area contributed by atoms with E-state index in [1.165, 1.54) is 6.33 Å². The van der Waals surface area contributed by atoms with E-state index in [-0.39, 0.29) is 5.91 Å². The summed E-state index contributed by atoms with van der Waals surface area (Å²) in [5.74, 6) is 2.77. The Morgan fingerprint density at radius 3 is 2.54 bits per heavy atom. The molecule has 0 atom stereocenters. The van der Waals surface area contributed by atoms with Crippen LogP contribution in [0.4, 0.5) is 5.82 Å². The number of imidazole rings is 1. The summed E-state index contributed by atoms with van der Waals surface area (Å²) in [5, 5.41) is 0.618. The molecule has 1 N–H and O–H groups in total. The molecule has 0 bridgehead atoms. The standard InChI is InChI=1S/C25H25ClN6O3/c1-34-19-8-7-17(13-20(19)35-2)23-29-22-24(30-23)27-15-28-25(22)32-11-9-31(10-12-32)21(33)14-16-5-3-4-6-18(16)26/h3-8,13,15H,9-12,14H2,1-2H3,(H,27,28,29,30). The highest BCUT2D eigenvalue weighted by Crippen LogP contribution is 2.33. The number of anilines is 1. The van der Waals surface area contributed by atoms with Crippen molar-refractivity contribution >= 4 is 34.5 Å². The molecule has 0 spiro atoms. The van der Waals surface area contributed by atoms with Crippen molar-refractivity contribution in [1.29, 1.82) is 0 Å². The van der Waals surface area contributed by atoms with Crippen LogP contribution in [-0.4, -0.2) is 71.1 Å². The minimum absolute atomic E-state index is 0.0721. The first-order valence-electron chi connectivity index (χ1n) is 11.3. The molecule has 9 nitrogen and oxygen atoms in total. The van der Waals surface area contributed by atoms with Crippen molar-refractivity contribution in [3.63, 3.8) is 0 Å². The molecule has 1 saturated heterocycles. The van der Waals surface area contributed by atoms with E-state index in [0.29, 0.717) is 60.6 Å². The van der Waals surface area contributed by atoms with Gasteiger partial charge in [-0.05, 0) is 29.8 Å². The monoisotopic (exact) mass is 492 g/mol. The van der Waals surface area contributed by atoms with Crippen LogP contribution in [-0.2, 0) is 11.2 Å². The Morgan fingerprint density at radius 1 is 1.03 bits per heavy atom. The highest BCUT2D eigenvalue weighted by Gasteiger charge is 2.25. The lowest BCUT2D eigenvalue weighted by Crippen LogP contribution is -2.49. The Kier molecular flexibility index (Phi) is 6.41. The molecular weight excluding hydrogens is 468 g/mol. The number of aromatic amines is 1. The summed E-state index contributed by atoms with van der Waals surface area (Å²) in [6.45, 7) is 2.52. The number of carbonyl (C=O) groups is 1. The number of hydrogen-bond donors (Lipinski definition) is 1. The lowest BCUT2D eigenvalue weighted by molar-refractivity contribution is -0.130. The lowest BCUT2D eigenvalue weighted by Gasteiger charge is -2.35. The SMILES string of the molecule is COc1ccc(-c2nc3ncnc(N4CCN(C(=O)Cc5ccccc5Cl)CC4)c3[nH]2)cc1OC. The van der Waals surface area contributed by atoms with Crippen molar-refractivity contribution in [2.75, 3.05) is 45.3 Å². The van der Waals surface area contributed by atoms with Crippen LogP contribution in [0.25, 0.3) is 22.6 Å². The molecule has 4 aromatic rings. The average molecular weight is 493 g/mol. The van der Waals surface area contributed by atoms with Crippen LogP contribution in [0.3, 0.4) is 0 Å². The Hall–Kier alpha value is -3.85. The van der Waals surface area contributed by atoms with Gasteiger partial charge >= 0.3 is 0 Å². The number of benzene rings is 2. The second-order valence-electron chi connectivity index (χ2n) is 8.19. The van der Waals surface area contributed by atoms with Crippen molar-refractivity contribution in [3.05, 3.63) is 59.4 Å². The first-order valence-corrected chi connectivity index (χ1v) is 11.6. The van der Waals surface area contributed by atoms with E-state index >= 15 is 0 Å². The molecular formula is C25H25ClN6O3. The summed E-state index contributed by atoms with van der Waals surface area (Å²) < 4.78 is 10.8. The van der Waals surface area contributed by atoms with Crippen LogP contribution in [0, 0.1) is 0 Å². The second kappa shape index (κ2) is 9.79. The van der Waals surface area contributed by atoms with Crippen molar-refractivity contribution in [2.45, 2.75) is 6.42 Å². The molecule has 1 amide bonds. The number of nitrogens with zero attached hydrogens (tertiary/aromatic N) is 5. The number of halogens is 1. The molecule has 1 aliphatic rings. The molecule has 0 unspecified atom stereocenters. The van der Waals surface area contributed by atoms with Crippen LogP contribution < -0.4 is 14.4 Å². The van der Waals surface area contributed by atoms with E-state index in [1.807, 2.05) is 47.4 Å². The Labute approximate surface area is 207 Å². The minimum Gasteiger partial charge on any atom is -0.493 e. The lowest BCUT2D eigenvalue weighted by atomic mass is 10.1. The van der Waals surface area contributed by atoms with Crippen LogP contribution in [0.5, 0.6) is 11.5 Å². The fraction of sp³-hybridized carbons (Fsp3) is 0.280.